The Morgan fingerprint density at radius 1 is 1.15 bits per heavy atom. The zero-order valence-corrected chi connectivity index (χ0v) is 16.8. The second-order valence-electron chi connectivity index (χ2n) is 6.19. The van der Waals surface area contributed by atoms with Crippen molar-refractivity contribution in [3.05, 3.63) is 58.6 Å². The van der Waals surface area contributed by atoms with E-state index in [1.54, 1.807) is 0 Å². The molecule has 4 nitrogen and oxygen atoms in total. The Balaban J connectivity index is 1.51. The SMILES string of the molecule is O=C(CSc1ccc(Br)cc1)NCc1cccc(N2CCCCC2=O)c1. The van der Waals surface area contributed by atoms with Gasteiger partial charge in [0, 0.05) is 34.6 Å². The van der Waals surface area contributed by atoms with Crippen LogP contribution in [0.4, 0.5) is 5.69 Å². The molecular formula is C20H21BrN2O2S. The number of nitrogens with zero attached hydrogens (tertiary/aromatic N) is 1. The van der Waals surface area contributed by atoms with Crippen molar-refractivity contribution < 1.29 is 9.59 Å². The number of benzene rings is 2. The third-order valence-corrected chi connectivity index (χ3v) is 5.76. The molecule has 1 saturated heterocycles. The molecule has 136 valence electrons. The number of amides is 2. The van der Waals surface area contributed by atoms with Gasteiger partial charge in [0.05, 0.1) is 5.75 Å². The molecule has 6 heteroatoms. The van der Waals surface area contributed by atoms with Crippen molar-refractivity contribution in [2.45, 2.75) is 30.7 Å². The first-order valence-corrected chi connectivity index (χ1v) is 10.4. The number of carbonyl (C=O) groups excluding carboxylic acids is 2. The summed E-state index contributed by atoms with van der Waals surface area (Å²) in [6.07, 6.45) is 2.63. The quantitative estimate of drug-likeness (QED) is 0.689. The van der Waals surface area contributed by atoms with E-state index in [0.717, 1.165) is 40.0 Å². The van der Waals surface area contributed by atoms with Crippen LogP contribution in [0.25, 0.3) is 0 Å². The highest BCUT2D eigenvalue weighted by molar-refractivity contribution is 9.10. The van der Waals surface area contributed by atoms with Gasteiger partial charge < -0.3 is 10.2 Å². The summed E-state index contributed by atoms with van der Waals surface area (Å²) in [4.78, 5) is 27.1. The minimum absolute atomic E-state index is 0.00243. The molecule has 0 bridgehead atoms. The Kier molecular flexibility index (Phi) is 6.74. The number of hydrogen-bond acceptors (Lipinski definition) is 3. The first-order valence-electron chi connectivity index (χ1n) is 8.66. The number of nitrogens with one attached hydrogen (secondary N) is 1. The van der Waals surface area contributed by atoms with Gasteiger partial charge in [-0.05, 0) is 54.8 Å². The third-order valence-electron chi connectivity index (χ3n) is 4.22. The van der Waals surface area contributed by atoms with E-state index in [4.69, 9.17) is 0 Å². The summed E-state index contributed by atoms with van der Waals surface area (Å²) < 4.78 is 1.03. The summed E-state index contributed by atoms with van der Waals surface area (Å²) in [7, 11) is 0. The summed E-state index contributed by atoms with van der Waals surface area (Å²) in [5, 5.41) is 2.95. The van der Waals surface area contributed by atoms with E-state index in [9.17, 15) is 9.59 Å². The fourth-order valence-electron chi connectivity index (χ4n) is 2.84. The minimum Gasteiger partial charge on any atom is -0.351 e. The summed E-state index contributed by atoms with van der Waals surface area (Å²) in [6.45, 7) is 1.24. The lowest BCUT2D eigenvalue weighted by molar-refractivity contribution is -0.120. The van der Waals surface area contributed by atoms with E-state index in [0.29, 0.717) is 18.7 Å². The lowest BCUT2D eigenvalue weighted by Crippen LogP contribution is -2.35. The first kappa shape index (κ1) is 19.0. The van der Waals surface area contributed by atoms with Gasteiger partial charge in [0.1, 0.15) is 0 Å². The van der Waals surface area contributed by atoms with Gasteiger partial charge in [-0.2, -0.15) is 0 Å². The normalized spacial score (nSPS) is 14.3. The van der Waals surface area contributed by atoms with Crippen LogP contribution in [-0.2, 0) is 16.1 Å². The molecule has 1 aliphatic rings. The fourth-order valence-corrected chi connectivity index (χ4v) is 3.84. The number of piperidine rings is 1. The maximum atomic E-state index is 12.1. The van der Waals surface area contributed by atoms with Crippen molar-refractivity contribution in [1.82, 2.24) is 5.32 Å². The van der Waals surface area contributed by atoms with Crippen LogP contribution in [-0.4, -0.2) is 24.1 Å². The molecule has 2 aromatic carbocycles. The molecule has 0 saturated carbocycles. The highest BCUT2D eigenvalue weighted by Gasteiger charge is 2.19. The molecule has 0 aromatic heterocycles. The topological polar surface area (TPSA) is 49.4 Å². The number of hydrogen-bond donors (Lipinski definition) is 1. The van der Waals surface area contributed by atoms with Crippen molar-refractivity contribution in [2.75, 3.05) is 17.2 Å². The molecule has 0 atom stereocenters. The molecule has 0 aliphatic carbocycles. The van der Waals surface area contributed by atoms with Crippen LogP contribution in [0.2, 0.25) is 0 Å². The Labute approximate surface area is 166 Å². The highest BCUT2D eigenvalue weighted by Crippen LogP contribution is 2.22. The van der Waals surface area contributed by atoms with Gasteiger partial charge in [-0.3, -0.25) is 9.59 Å². The molecule has 2 amide bonds. The second-order valence-corrected chi connectivity index (χ2v) is 8.16. The first-order chi connectivity index (χ1) is 12.6. The van der Waals surface area contributed by atoms with Crippen LogP contribution in [0.1, 0.15) is 24.8 Å². The molecule has 0 spiro atoms. The van der Waals surface area contributed by atoms with E-state index in [2.05, 4.69) is 21.2 Å². The van der Waals surface area contributed by atoms with Gasteiger partial charge in [0.2, 0.25) is 11.8 Å². The van der Waals surface area contributed by atoms with Crippen LogP contribution in [0.15, 0.2) is 57.9 Å². The predicted molar refractivity (Wildman–Crippen MR) is 109 cm³/mol. The van der Waals surface area contributed by atoms with E-state index in [1.807, 2.05) is 53.4 Å². The van der Waals surface area contributed by atoms with Crippen LogP contribution in [0.5, 0.6) is 0 Å². The molecule has 3 rings (SSSR count). The summed E-state index contributed by atoms with van der Waals surface area (Å²) >= 11 is 4.91. The monoisotopic (exact) mass is 432 g/mol. The van der Waals surface area contributed by atoms with Gasteiger partial charge >= 0.3 is 0 Å². The Bertz CT molecular complexity index is 780. The zero-order chi connectivity index (χ0) is 18.4. The van der Waals surface area contributed by atoms with Crippen LogP contribution in [0.3, 0.4) is 0 Å². The average Bonchev–Trinajstić information content (AvgIpc) is 2.66. The van der Waals surface area contributed by atoms with Crippen molar-refractivity contribution in [2.24, 2.45) is 0 Å². The standard InChI is InChI=1S/C20H21BrN2O2S/c21-16-7-9-18(10-8-16)26-14-19(24)22-13-15-4-3-5-17(12-15)23-11-2-1-6-20(23)25/h3-5,7-10,12H,1-2,6,11,13-14H2,(H,22,24). The lowest BCUT2D eigenvalue weighted by Gasteiger charge is -2.27. The Morgan fingerprint density at radius 2 is 1.96 bits per heavy atom. The van der Waals surface area contributed by atoms with Crippen molar-refractivity contribution in [3.63, 3.8) is 0 Å². The average molecular weight is 433 g/mol. The molecule has 2 aromatic rings. The third kappa shape index (κ3) is 5.35. The van der Waals surface area contributed by atoms with Crippen molar-refractivity contribution in [1.29, 1.82) is 0 Å². The number of thioether (sulfide) groups is 1. The molecule has 1 N–H and O–H groups in total. The predicted octanol–water partition coefficient (Wildman–Crippen LogP) is 4.37. The second kappa shape index (κ2) is 9.24. The maximum absolute atomic E-state index is 12.1. The van der Waals surface area contributed by atoms with Gasteiger partial charge in [0.25, 0.3) is 0 Å². The van der Waals surface area contributed by atoms with Gasteiger partial charge in [-0.15, -0.1) is 11.8 Å². The van der Waals surface area contributed by atoms with Gasteiger partial charge in [0.15, 0.2) is 0 Å². The number of anilines is 1. The van der Waals surface area contributed by atoms with Crippen LogP contribution < -0.4 is 10.2 Å². The summed E-state index contributed by atoms with van der Waals surface area (Å²) in [5.41, 5.74) is 1.92. The number of carbonyl (C=O) groups is 2. The fraction of sp³-hybridized carbons (Fsp3) is 0.300. The smallest absolute Gasteiger partial charge is 0.230 e. The minimum atomic E-state index is -0.00243. The largest absolute Gasteiger partial charge is 0.351 e. The van der Waals surface area contributed by atoms with E-state index >= 15 is 0 Å². The summed E-state index contributed by atoms with van der Waals surface area (Å²) in [6, 6.07) is 15.8. The summed E-state index contributed by atoms with van der Waals surface area (Å²) in [5.74, 6) is 0.562. The van der Waals surface area contributed by atoms with Gasteiger partial charge in [-0.1, -0.05) is 28.1 Å². The number of halogens is 1. The molecule has 26 heavy (non-hydrogen) atoms. The maximum Gasteiger partial charge on any atom is 0.230 e. The van der Waals surface area contributed by atoms with Crippen molar-refractivity contribution in [3.8, 4) is 0 Å². The molecule has 1 fully saturated rings. The molecule has 1 heterocycles. The molecule has 0 unspecified atom stereocenters. The molecule has 0 radical (unpaired) electrons. The Hall–Kier alpha value is -1.79. The highest BCUT2D eigenvalue weighted by atomic mass is 79.9. The van der Waals surface area contributed by atoms with Crippen LogP contribution in [0, 0.1) is 0 Å². The zero-order valence-electron chi connectivity index (χ0n) is 14.4. The van der Waals surface area contributed by atoms with Crippen molar-refractivity contribution >= 4 is 45.2 Å². The molecule has 1 aliphatic heterocycles. The van der Waals surface area contributed by atoms with Gasteiger partial charge in [-0.25, -0.2) is 0 Å². The number of rotatable bonds is 6. The lowest BCUT2D eigenvalue weighted by atomic mass is 10.1. The van der Waals surface area contributed by atoms with Crippen LogP contribution >= 0.6 is 27.7 Å². The van der Waals surface area contributed by atoms with E-state index in [1.165, 1.54) is 11.8 Å². The van der Waals surface area contributed by atoms with E-state index < -0.39 is 0 Å². The Morgan fingerprint density at radius 3 is 2.73 bits per heavy atom. The molecular weight excluding hydrogens is 412 g/mol. The van der Waals surface area contributed by atoms with E-state index in [-0.39, 0.29) is 11.8 Å².